The highest BCUT2D eigenvalue weighted by atomic mass is 32.2. The highest BCUT2D eigenvalue weighted by Gasteiger charge is 2.30. The smallest absolute Gasteiger partial charge is 0.240 e. The van der Waals surface area contributed by atoms with Crippen LogP contribution in [0.5, 0.6) is 0 Å². The number of amides is 1. The molecule has 0 saturated heterocycles. The average molecular weight is 368 g/mol. The second-order valence-electron chi connectivity index (χ2n) is 7.69. The van der Waals surface area contributed by atoms with Crippen molar-refractivity contribution in [2.24, 2.45) is 5.41 Å². The number of hydrogen-bond donors (Lipinski definition) is 2. The molecule has 1 unspecified atom stereocenters. The Morgan fingerprint density at radius 2 is 2.00 bits per heavy atom. The Hall–Kier alpha value is -1.44. The largest absolute Gasteiger partial charge is 0.393 e. The molecule has 0 aliphatic carbocycles. The van der Waals surface area contributed by atoms with Crippen LogP contribution in [-0.4, -0.2) is 43.5 Å². The van der Waals surface area contributed by atoms with Gasteiger partial charge in [0, 0.05) is 25.0 Å². The molecule has 6 nitrogen and oxygen atoms in total. The molecule has 0 radical (unpaired) electrons. The number of aliphatic hydroxyl groups excluding tert-OH is 1. The van der Waals surface area contributed by atoms with Gasteiger partial charge in [0.2, 0.25) is 15.9 Å². The zero-order valence-corrected chi connectivity index (χ0v) is 16.2. The summed E-state index contributed by atoms with van der Waals surface area (Å²) in [5.41, 5.74) is 1.51. The van der Waals surface area contributed by atoms with E-state index < -0.39 is 21.5 Å². The monoisotopic (exact) mass is 368 g/mol. The molecular weight excluding hydrogens is 340 g/mol. The lowest BCUT2D eigenvalue weighted by molar-refractivity contribution is -0.140. The molecule has 2 rings (SSSR count). The first kappa shape index (κ1) is 19.9. The van der Waals surface area contributed by atoms with Crippen molar-refractivity contribution >= 4 is 15.9 Å². The number of fused-ring (bicyclic) bond motifs is 1. The molecule has 1 amide bonds. The highest BCUT2D eigenvalue weighted by Crippen LogP contribution is 2.26. The van der Waals surface area contributed by atoms with Crippen LogP contribution in [0.25, 0.3) is 0 Å². The van der Waals surface area contributed by atoms with Crippen LogP contribution in [0.4, 0.5) is 0 Å². The van der Waals surface area contributed by atoms with Gasteiger partial charge in [0.25, 0.3) is 0 Å². The predicted octanol–water partition coefficient (Wildman–Crippen LogP) is 1.67. The number of benzene rings is 1. The van der Waals surface area contributed by atoms with Gasteiger partial charge in [-0.05, 0) is 43.0 Å². The fourth-order valence-corrected chi connectivity index (χ4v) is 3.93. The maximum Gasteiger partial charge on any atom is 0.240 e. The van der Waals surface area contributed by atoms with Crippen LogP contribution in [0.1, 0.15) is 45.2 Å². The molecule has 0 fully saturated rings. The Balaban J connectivity index is 2.18. The van der Waals surface area contributed by atoms with Crippen molar-refractivity contribution in [1.29, 1.82) is 0 Å². The van der Waals surface area contributed by atoms with Crippen molar-refractivity contribution in [3.05, 3.63) is 29.3 Å². The summed E-state index contributed by atoms with van der Waals surface area (Å²) in [4.78, 5) is 14.5. The summed E-state index contributed by atoms with van der Waals surface area (Å²) < 4.78 is 27.3. The predicted molar refractivity (Wildman–Crippen MR) is 96.5 cm³/mol. The molecule has 1 atom stereocenters. The van der Waals surface area contributed by atoms with E-state index in [1.807, 2.05) is 26.8 Å². The lowest BCUT2D eigenvalue weighted by atomic mass is 9.92. The zero-order chi connectivity index (χ0) is 18.8. The molecule has 0 aromatic heterocycles. The number of nitrogens with one attached hydrogen (secondary N) is 1. The van der Waals surface area contributed by atoms with Crippen molar-refractivity contribution in [3.63, 3.8) is 0 Å². The van der Waals surface area contributed by atoms with Gasteiger partial charge in [0.1, 0.15) is 0 Å². The van der Waals surface area contributed by atoms with Gasteiger partial charge in [-0.2, -0.15) is 0 Å². The van der Waals surface area contributed by atoms with Crippen molar-refractivity contribution in [3.8, 4) is 0 Å². The Morgan fingerprint density at radius 3 is 2.60 bits per heavy atom. The summed E-state index contributed by atoms with van der Waals surface area (Å²) in [5, 5.41) is 9.25. The van der Waals surface area contributed by atoms with Gasteiger partial charge in [-0.3, -0.25) is 4.79 Å². The molecule has 25 heavy (non-hydrogen) atoms. The minimum Gasteiger partial charge on any atom is -0.393 e. The van der Waals surface area contributed by atoms with Crippen LogP contribution >= 0.6 is 0 Å². The summed E-state index contributed by atoms with van der Waals surface area (Å²) in [6.07, 6.45) is 0.536. The molecule has 1 aromatic carbocycles. The molecule has 2 N–H and O–H groups in total. The number of sulfonamides is 1. The summed E-state index contributed by atoms with van der Waals surface area (Å²) in [5.74, 6) is 0.0708. The van der Waals surface area contributed by atoms with Crippen LogP contribution in [0.15, 0.2) is 23.1 Å². The molecule has 1 aliphatic heterocycles. The quantitative estimate of drug-likeness (QED) is 0.828. The fraction of sp³-hybridized carbons (Fsp3) is 0.611. The normalized spacial score (nSPS) is 16.4. The van der Waals surface area contributed by atoms with E-state index in [0.717, 1.165) is 17.5 Å². The second kappa shape index (κ2) is 7.43. The molecule has 0 spiro atoms. The minimum atomic E-state index is -3.62. The Kier molecular flexibility index (Phi) is 5.91. The molecular formula is C18H28N2O4S. The first-order valence-electron chi connectivity index (χ1n) is 8.59. The second-order valence-corrected chi connectivity index (χ2v) is 9.46. The topological polar surface area (TPSA) is 86.7 Å². The van der Waals surface area contributed by atoms with E-state index in [2.05, 4.69) is 4.72 Å². The van der Waals surface area contributed by atoms with Gasteiger partial charge in [-0.1, -0.05) is 26.8 Å². The van der Waals surface area contributed by atoms with E-state index >= 15 is 0 Å². The zero-order valence-electron chi connectivity index (χ0n) is 15.4. The Bertz CT molecular complexity index is 736. The van der Waals surface area contributed by atoms with Crippen LogP contribution in [0, 0.1) is 5.41 Å². The van der Waals surface area contributed by atoms with Gasteiger partial charge >= 0.3 is 0 Å². The van der Waals surface area contributed by atoms with Crippen molar-refractivity contribution in [1.82, 2.24) is 9.62 Å². The summed E-state index contributed by atoms with van der Waals surface area (Å²) in [6, 6.07) is 5.09. The van der Waals surface area contributed by atoms with Gasteiger partial charge in [-0.25, -0.2) is 13.1 Å². The fourth-order valence-electron chi connectivity index (χ4n) is 2.83. The molecule has 0 saturated carbocycles. The van der Waals surface area contributed by atoms with Crippen LogP contribution in [-0.2, 0) is 27.8 Å². The van der Waals surface area contributed by atoms with Crippen molar-refractivity contribution in [2.75, 3.05) is 13.1 Å². The third kappa shape index (κ3) is 5.03. The Morgan fingerprint density at radius 1 is 1.32 bits per heavy atom. The van der Waals surface area contributed by atoms with E-state index in [0.29, 0.717) is 19.5 Å². The molecule has 140 valence electrons. The highest BCUT2D eigenvalue weighted by molar-refractivity contribution is 7.89. The Labute approximate surface area is 150 Å². The molecule has 1 aliphatic rings. The van der Waals surface area contributed by atoms with Crippen molar-refractivity contribution in [2.45, 2.75) is 58.1 Å². The standard InChI is InChI=1S/C18H28N2O4S/c1-13(21)7-9-19-25(23,24)16-6-5-14-8-10-20(12-15(14)11-16)17(22)18(2,3)4/h5-6,11,13,19,21H,7-10,12H2,1-4H3. The minimum absolute atomic E-state index is 0.0708. The maximum atomic E-state index is 12.5. The number of carbonyl (C=O) groups excluding carboxylic acids is 1. The number of rotatable bonds is 5. The first-order chi connectivity index (χ1) is 11.5. The number of hydrogen-bond acceptors (Lipinski definition) is 4. The van der Waals surface area contributed by atoms with E-state index in [1.165, 1.54) is 0 Å². The summed E-state index contributed by atoms with van der Waals surface area (Å²) in [6.45, 7) is 8.55. The molecule has 1 aromatic rings. The summed E-state index contributed by atoms with van der Waals surface area (Å²) in [7, 11) is -3.62. The molecule has 1 heterocycles. The number of aliphatic hydroxyl groups is 1. The lowest BCUT2D eigenvalue weighted by Gasteiger charge is -2.33. The van der Waals surface area contributed by atoms with Crippen LogP contribution in [0.3, 0.4) is 0 Å². The van der Waals surface area contributed by atoms with Gasteiger partial charge in [0.15, 0.2) is 0 Å². The van der Waals surface area contributed by atoms with Crippen LogP contribution < -0.4 is 4.72 Å². The van der Waals surface area contributed by atoms with Gasteiger partial charge in [-0.15, -0.1) is 0 Å². The summed E-state index contributed by atoms with van der Waals surface area (Å²) >= 11 is 0. The van der Waals surface area contributed by atoms with Gasteiger partial charge in [0.05, 0.1) is 11.0 Å². The maximum absolute atomic E-state index is 12.5. The number of carbonyl (C=O) groups is 1. The van der Waals surface area contributed by atoms with Crippen molar-refractivity contribution < 1.29 is 18.3 Å². The molecule has 0 bridgehead atoms. The van der Waals surface area contributed by atoms with E-state index in [1.54, 1.807) is 24.0 Å². The van der Waals surface area contributed by atoms with Gasteiger partial charge < -0.3 is 10.0 Å². The average Bonchev–Trinajstić information content (AvgIpc) is 2.51. The van der Waals surface area contributed by atoms with E-state index in [9.17, 15) is 18.3 Å². The van der Waals surface area contributed by atoms with Crippen LogP contribution in [0.2, 0.25) is 0 Å². The molecule has 7 heteroatoms. The number of nitrogens with zero attached hydrogens (tertiary/aromatic N) is 1. The lowest BCUT2D eigenvalue weighted by Crippen LogP contribution is -2.42. The van der Waals surface area contributed by atoms with E-state index in [4.69, 9.17) is 0 Å². The third-order valence-corrected chi connectivity index (χ3v) is 5.74. The van der Waals surface area contributed by atoms with E-state index in [-0.39, 0.29) is 17.3 Å². The third-order valence-electron chi connectivity index (χ3n) is 4.28. The first-order valence-corrected chi connectivity index (χ1v) is 10.1. The SMILES string of the molecule is CC(O)CCNS(=O)(=O)c1ccc2c(c1)CN(C(=O)C(C)(C)C)CC2.